The Hall–Kier alpha value is -0.680. The van der Waals surface area contributed by atoms with Crippen LogP contribution in [0.25, 0.3) is 0 Å². The Bertz CT molecular complexity index is 251. The van der Waals surface area contributed by atoms with Crippen LogP contribution in [-0.2, 0) is 11.2 Å². The molecule has 1 unspecified atom stereocenters. The summed E-state index contributed by atoms with van der Waals surface area (Å²) in [5.74, 6) is 0.857. The molecule has 1 heterocycles. The van der Waals surface area contributed by atoms with E-state index in [1.54, 1.807) is 7.11 Å². The first-order chi connectivity index (χ1) is 6.26. The first-order valence-corrected chi connectivity index (χ1v) is 5.12. The number of methoxy groups -OCH3 is 1. The monoisotopic (exact) mass is 201 g/mol. The molecule has 1 atom stereocenters. The number of ether oxygens (including phenoxy) is 1. The van der Waals surface area contributed by atoms with E-state index in [1.165, 1.54) is 11.5 Å². The van der Waals surface area contributed by atoms with Gasteiger partial charge in [-0.1, -0.05) is 0 Å². The Morgan fingerprint density at radius 1 is 1.62 bits per heavy atom. The zero-order valence-electron chi connectivity index (χ0n) is 8.20. The van der Waals surface area contributed by atoms with Crippen LogP contribution in [-0.4, -0.2) is 29.1 Å². The smallest absolute Gasteiger partial charge is 0.202 e. The van der Waals surface area contributed by atoms with E-state index in [4.69, 9.17) is 4.74 Å². The summed E-state index contributed by atoms with van der Waals surface area (Å²) in [6, 6.07) is 0. The fourth-order valence-corrected chi connectivity index (χ4v) is 1.56. The maximum atomic E-state index is 5.13. The second-order valence-corrected chi connectivity index (χ2v) is 3.55. The average molecular weight is 201 g/mol. The van der Waals surface area contributed by atoms with Crippen molar-refractivity contribution in [3.05, 3.63) is 5.82 Å². The van der Waals surface area contributed by atoms with Crippen LogP contribution in [0, 0.1) is 0 Å². The Labute approximate surface area is 82.5 Å². The molecule has 5 heteroatoms. The summed E-state index contributed by atoms with van der Waals surface area (Å²) in [6.07, 6.45) is 0.961. The predicted octanol–water partition coefficient (Wildman–Crippen LogP) is 1.55. The summed E-state index contributed by atoms with van der Waals surface area (Å²) in [5, 5.41) is 4.01. The Kier molecular flexibility index (Phi) is 4.11. The molecule has 0 aliphatic carbocycles. The molecule has 0 amide bonds. The number of rotatable bonds is 5. The third-order valence-corrected chi connectivity index (χ3v) is 2.38. The van der Waals surface area contributed by atoms with Crippen molar-refractivity contribution in [3.63, 3.8) is 0 Å². The van der Waals surface area contributed by atoms with E-state index in [-0.39, 0.29) is 6.10 Å². The summed E-state index contributed by atoms with van der Waals surface area (Å²) in [5.41, 5.74) is 0. The van der Waals surface area contributed by atoms with Crippen molar-refractivity contribution in [3.8, 4) is 0 Å². The second-order valence-electron chi connectivity index (χ2n) is 2.80. The van der Waals surface area contributed by atoms with Gasteiger partial charge in [-0.3, -0.25) is 0 Å². The lowest BCUT2D eigenvalue weighted by Gasteiger charge is -2.04. The van der Waals surface area contributed by atoms with Crippen molar-refractivity contribution in [2.24, 2.45) is 0 Å². The van der Waals surface area contributed by atoms with Crippen molar-refractivity contribution in [1.29, 1.82) is 0 Å². The van der Waals surface area contributed by atoms with E-state index < -0.39 is 0 Å². The van der Waals surface area contributed by atoms with E-state index in [0.29, 0.717) is 0 Å². The molecule has 0 radical (unpaired) electrons. The molecule has 1 N–H and O–H groups in total. The molecular formula is C8H15N3OS. The standard InChI is InChI=1S/C8H15N3OS/c1-4-9-8-10-7(11-13-8)5-6(2)12-3/h6H,4-5H2,1-3H3,(H,9,10,11). The van der Waals surface area contributed by atoms with Gasteiger partial charge in [0, 0.05) is 31.6 Å². The molecule has 0 spiro atoms. The molecular weight excluding hydrogens is 186 g/mol. The maximum absolute atomic E-state index is 5.13. The van der Waals surface area contributed by atoms with Gasteiger partial charge in [-0.25, -0.2) is 4.98 Å². The molecule has 0 bridgehead atoms. The third-order valence-electron chi connectivity index (χ3n) is 1.67. The summed E-state index contributed by atoms with van der Waals surface area (Å²) in [7, 11) is 1.70. The van der Waals surface area contributed by atoms with Crippen molar-refractivity contribution < 1.29 is 4.74 Å². The predicted molar refractivity (Wildman–Crippen MR) is 54.2 cm³/mol. The van der Waals surface area contributed by atoms with Gasteiger partial charge in [0.1, 0.15) is 5.82 Å². The second kappa shape index (κ2) is 5.14. The minimum Gasteiger partial charge on any atom is -0.381 e. The molecule has 0 saturated carbocycles. The van der Waals surface area contributed by atoms with Gasteiger partial charge in [0.2, 0.25) is 5.13 Å². The van der Waals surface area contributed by atoms with Crippen LogP contribution in [0.15, 0.2) is 0 Å². The van der Waals surface area contributed by atoms with Crippen LogP contribution in [0.3, 0.4) is 0 Å². The highest BCUT2D eigenvalue weighted by atomic mass is 32.1. The van der Waals surface area contributed by atoms with Gasteiger partial charge in [0.15, 0.2) is 0 Å². The largest absolute Gasteiger partial charge is 0.381 e. The average Bonchev–Trinajstić information content (AvgIpc) is 2.53. The topological polar surface area (TPSA) is 47.0 Å². The van der Waals surface area contributed by atoms with E-state index in [1.807, 2.05) is 13.8 Å². The van der Waals surface area contributed by atoms with Crippen LogP contribution >= 0.6 is 11.5 Å². The summed E-state index contributed by atoms with van der Waals surface area (Å²) >= 11 is 1.40. The van der Waals surface area contributed by atoms with Gasteiger partial charge in [-0.15, -0.1) is 0 Å². The minimum absolute atomic E-state index is 0.184. The number of hydrogen-bond acceptors (Lipinski definition) is 5. The van der Waals surface area contributed by atoms with Crippen LogP contribution in [0.2, 0.25) is 0 Å². The van der Waals surface area contributed by atoms with E-state index in [2.05, 4.69) is 14.7 Å². The zero-order valence-corrected chi connectivity index (χ0v) is 9.02. The van der Waals surface area contributed by atoms with Crippen molar-refractivity contribution in [1.82, 2.24) is 9.36 Å². The van der Waals surface area contributed by atoms with Crippen molar-refractivity contribution in [2.75, 3.05) is 19.0 Å². The van der Waals surface area contributed by atoms with E-state index in [9.17, 15) is 0 Å². The first-order valence-electron chi connectivity index (χ1n) is 4.35. The van der Waals surface area contributed by atoms with Crippen molar-refractivity contribution in [2.45, 2.75) is 26.4 Å². The van der Waals surface area contributed by atoms with E-state index >= 15 is 0 Å². The number of hydrogen-bond donors (Lipinski definition) is 1. The van der Waals surface area contributed by atoms with Crippen molar-refractivity contribution >= 4 is 16.7 Å². The van der Waals surface area contributed by atoms with Crippen LogP contribution < -0.4 is 5.32 Å². The number of nitrogens with zero attached hydrogens (tertiary/aromatic N) is 2. The number of nitrogens with one attached hydrogen (secondary N) is 1. The van der Waals surface area contributed by atoms with Gasteiger partial charge in [-0.05, 0) is 13.8 Å². The first kappa shape index (κ1) is 10.4. The summed E-state index contributed by atoms with van der Waals surface area (Å²) in [6.45, 7) is 4.93. The lowest BCUT2D eigenvalue weighted by atomic mass is 10.3. The molecule has 74 valence electrons. The van der Waals surface area contributed by atoms with Gasteiger partial charge < -0.3 is 10.1 Å². The van der Waals surface area contributed by atoms with Gasteiger partial charge in [-0.2, -0.15) is 4.37 Å². The molecule has 13 heavy (non-hydrogen) atoms. The molecule has 1 aromatic heterocycles. The minimum atomic E-state index is 0.184. The third kappa shape index (κ3) is 3.28. The fraction of sp³-hybridized carbons (Fsp3) is 0.750. The normalized spacial score (nSPS) is 12.8. The lowest BCUT2D eigenvalue weighted by molar-refractivity contribution is 0.117. The molecule has 0 fully saturated rings. The SMILES string of the molecule is CCNc1nc(CC(C)OC)ns1. The molecule has 4 nitrogen and oxygen atoms in total. The van der Waals surface area contributed by atoms with Gasteiger partial charge >= 0.3 is 0 Å². The Balaban J connectivity index is 2.48. The highest BCUT2D eigenvalue weighted by Gasteiger charge is 2.07. The molecule has 0 saturated heterocycles. The molecule has 1 aromatic rings. The highest BCUT2D eigenvalue weighted by molar-refractivity contribution is 7.09. The lowest BCUT2D eigenvalue weighted by Crippen LogP contribution is -2.09. The van der Waals surface area contributed by atoms with Gasteiger partial charge in [0.25, 0.3) is 0 Å². The zero-order chi connectivity index (χ0) is 9.68. The summed E-state index contributed by atoms with van der Waals surface area (Å²) in [4.78, 5) is 4.30. The van der Waals surface area contributed by atoms with Crippen LogP contribution in [0.1, 0.15) is 19.7 Å². The maximum Gasteiger partial charge on any atom is 0.202 e. The molecule has 0 aliphatic rings. The molecule has 0 aromatic carbocycles. The Morgan fingerprint density at radius 2 is 2.38 bits per heavy atom. The van der Waals surface area contributed by atoms with Gasteiger partial charge in [0.05, 0.1) is 6.10 Å². The molecule has 1 rings (SSSR count). The fourth-order valence-electron chi connectivity index (χ4n) is 0.900. The van der Waals surface area contributed by atoms with Crippen LogP contribution in [0.4, 0.5) is 5.13 Å². The van der Waals surface area contributed by atoms with E-state index in [0.717, 1.165) is 23.9 Å². The highest BCUT2D eigenvalue weighted by Crippen LogP contribution is 2.12. The molecule has 0 aliphatic heterocycles. The quantitative estimate of drug-likeness (QED) is 0.785. The number of aromatic nitrogens is 2. The number of anilines is 1. The Morgan fingerprint density at radius 3 is 3.00 bits per heavy atom. The van der Waals surface area contributed by atoms with Crippen LogP contribution in [0.5, 0.6) is 0 Å². The summed E-state index contributed by atoms with van der Waals surface area (Å²) < 4.78 is 9.34.